The minimum Gasteiger partial charge on any atom is -0.438 e. The highest BCUT2D eigenvalue weighted by atomic mass is 79.9. The molecule has 0 bridgehead atoms. The molecule has 0 aliphatic carbocycles. The first-order valence-corrected chi connectivity index (χ1v) is 4.18. The fourth-order valence-corrected chi connectivity index (χ4v) is 0.879. The summed E-state index contributed by atoms with van der Waals surface area (Å²) < 4.78 is 3.30. The van der Waals surface area contributed by atoms with Crippen LogP contribution in [0.3, 0.4) is 0 Å². The Kier molecular flexibility index (Phi) is 4.03. The number of alkyl halides is 1. The number of rotatable bonds is 3. The van der Waals surface area contributed by atoms with E-state index >= 15 is 0 Å². The molecule has 0 saturated carbocycles. The summed E-state index contributed by atoms with van der Waals surface area (Å²) in [5.41, 5.74) is 0. The Labute approximate surface area is 78.2 Å². The molecule has 1 unspecified atom stereocenters. The molecule has 0 rings (SSSR count). The molecule has 5 heteroatoms. The van der Waals surface area contributed by atoms with Gasteiger partial charge in [0.25, 0.3) is 5.24 Å². The standard InChI is InChI=1S/C6H8BrClO3/c1-3-6(7,5(8)10)11-4(2)9/h3H2,1-2H3. The molecule has 11 heavy (non-hydrogen) atoms. The molecule has 1 atom stereocenters. The number of hydrogen-bond donors (Lipinski definition) is 0. The summed E-state index contributed by atoms with van der Waals surface area (Å²) in [5, 5.41) is -0.727. The Morgan fingerprint density at radius 1 is 1.64 bits per heavy atom. The fourth-order valence-electron chi connectivity index (χ4n) is 0.479. The Hall–Kier alpha value is -0.0900. The van der Waals surface area contributed by atoms with Crippen LogP contribution in [-0.4, -0.2) is 15.7 Å². The van der Waals surface area contributed by atoms with Crippen molar-refractivity contribution in [3.05, 3.63) is 0 Å². The van der Waals surface area contributed by atoms with Gasteiger partial charge >= 0.3 is 5.97 Å². The van der Waals surface area contributed by atoms with Crippen LogP contribution in [0, 0.1) is 0 Å². The van der Waals surface area contributed by atoms with Crippen LogP contribution in [0.15, 0.2) is 0 Å². The van der Waals surface area contributed by atoms with Crippen molar-refractivity contribution in [1.82, 2.24) is 0 Å². The monoisotopic (exact) mass is 242 g/mol. The predicted octanol–water partition coefficient (Wildman–Crippen LogP) is 1.82. The molecule has 0 N–H and O–H groups in total. The van der Waals surface area contributed by atoms with Crippen LogP contribution in [0.1, 0.15) is 20.3 Å². The van der Waals surface area contributed by atoms with Crippen molar-refractivity contribution in [1.29, 1.82) is 0 Å². The first-order valence-electron chi connectivity index (χ1n) is 3.01. The SMILES string of the molecule is CCC(Br)(OC(C)=O)C(=O)Cl. The van der Waals surface area contributed by atoms with Gasteiger partial charge in [-0.3, -0.25) is 9.59 Å². The van der Waals surface area contributed by atoms with Crippen molar-refractivity contribution in [2.45, 2.75) is 24.8 Å². The van der Waals surface area contributed by atoms with Crippen molar-refractivity contribution >= 4 is 38.7 Å². The Bertz CT molecular complexity index is 183. The summed E-state index contributed by atoms with van der Waals surface area (Å²) in [7, 11) is 0. The van der Waals surface area contributed by atoms with Gasteiger partial charge in [0.2, 0.25) is 4.51 Å². The molecule has 0 saturated heterocycles. The summed E-state index contributed by atoms with van der Waals surface area (Å²) in [4.78, 5) is 21.1. The van der Waals surface area contributed by atoms with Gasteiger partial charge in [0.15, 0.2) is 0 Å². The van der Waals surface area contributed by atoms with Gasteiger partial charge in [0.05, 0.1) is 0 Å². The van der Waals surface area contributed by atoms with E-state index < -0.39 is 15.7 Å². The first kappa shape index (κ1) is 10.9. The summed E-state index contributed by atoms with van der Waals surface area (Å²) >= 11 is 8.09. The van der Waals surface area contributed by atoms with Crippen LogP contribution in [0.4, 0.5) is 0 Å². The number of esters is 1. The second-order valence-electron chi connectivity index (χ2n) is 1.95. The quantitative estimate of drug-likeness (QED) is 0.431. The highest BCUT2D eigenvalue weighted by Crippen LogP contribution is 2.26. The maximum atomic E-state index is 10.7. The van der Waals surface area contributed by atoms with Crippen molar-refractivity contribution in [3.63, 3.8) is 0 Å². The normalized spacial score (nSPS) is 15.3. The lowest BCUT2D eigenvalue weighted by molar-refractivity contribution is -0.152. The summed E-state index contributed by atoms with van der Waals surface area (Å²) in [6.07, 6.45) is 0.301. The van der Waals surface area contributed by atoms with Crippen LogP contribution >= 0.6 is 27.5 Å². The fraction of sp³-hybridized carbons (Fsp3) is 0.667. The molecule has 0 aliphatic heterocycles. The van der Waals surface area contributed by atoms with Crippen LogP contribution in [-0.2, 0) is 14.3 Å². The van der Waals surface area contributed by atoms with Gasteiger partial charge in [-0.05, 0) is 27.5 Å². The molecule has 0 amide bonds. The molecule has 0 radical (unpaired) electrons. The average molecular weight is 243 g/mol. The number of carbonyl (C=O) groups excluding carboxylic acids is 2. The molecule has 0 aromatic rings. The maximum Gasteiger partial charge on any atom is 0.304 e. The van der Waals surface area contributed by atoms with Crippen LogP contribution in [0.25, 0.3) is 0 Å². The van der Waals surface area contributed by atoms with Gasteiger partial charge in [-0.15, -0.1) is 0 Å². The Morgan fingerprint density at radius 3 is 2.18 bits per heavy atom. The molecule has 0 aromatic carbocycles. The van der Waals surface area contributed by atoms with E-state index in [0.29, 0.717) is 6.42 Å². The molecule has 0 aliphatic rings. The molecule has 0 fully saturated rings. The van der Waals surface area contributed by atoms with E-state index in [4.69, 9.17) is 11.6 Å². The van der Waals surface area contributed by atoms with Gasteiger partial charge in [0, 0.05) is 13.3 Å². The van der Waals surface area contributed by atoms with E-state index in [-0.39, 0.29) is 0 Å². The Morgan fingerprint density at radius 2 is 2.09 bits per heavy atom. The zero-order valence-corrected chi connectivity index (χ0v) is 8.53. The molecule has 3 nitrogen and oxygen atoms in total. The largest absolute Gasteiger partial charge is 0.438 e. The minimum absolute atomic E-state index is 0.301. The third kappa shape index (κ3) is 3.20. The van der Waals surface area contributed by atoms with E-state index in [0.717, 1.165) is 0 Å². The van der Waals surface area contributed by atoms with E-state index in [1.807, 2.05) is 0 Å². The predicted molar refractivity (Wildman–Crippen MR) is 44.6 cm³/mol. The van der Waals surface area contributed by atoms with Gasteiger partial charge in [-0.25, -0.2) is 0 Å². The highest BCUT2D eigenvalue weighted by Gasteiger charge is 2.35. The van der Waals surface area contributed by atoms with Gasteiger partial charge in [-0.1, -0.05) is 6.92 Å². The number of carbonyl (C=O) groups is 2. The second-order valence-corrected chi connectivity index (χ2v) is 3.57. The number of hydrogen-bond acceptors (Lipinski definition) is 3. The summed E-state index contributed by atoms with van der Waals surface area (Å²) in [6, 6.07) is 0. The first-order chi connectivity index (χ1) is 4.92. The van der Waals surface area contributed by atoms with E-state index in [2.05, 4.69) is 20.7 Å². The minimum atomic E-state index is -1.35. The average Bonchev–Trinajstić information content (AvgIpc) is 1.86. The van der Waals surface area contributed by atoms with Crippen molar-refractivity contribution in [3.8, 4) is 0 Å². The number of ether oxygens (including phenoxy) is 1. The van der Waals surface area contributed by atoms with Crippen molar-refractivity contribution in [2.75, 3.05) is 0 Å². The Balaban J connectivity index is 4.34. The lowest BCUT2D eigenvalue weighted by atomic mass is 10.3. The van der Waals surface area contributed by atoms with Crippen molar-refractivity contribution in [2.24, 2.45) is 0 Å². The molecular formula is C6H8BrClO3. The topological polar surface area (TPSA) is 43.4 Å². The molecule has 0 aromatic heterocycles. The highest BCUT2D eigenvalue weighted by molar-refractivity contribution is 9.10. The van der Waals surface area contributed by atoms with Gasteiger partial charge in [-0.2, -0.15) is 0 Å². The molecular weight excluding hydrogens is 235 g/mol. The zero-order valence-electron chi connectivity index (χ0n) is 6.19. The van der Waals surface area contributed by atoms with Crippen molar-refractivity contribution < 1.29 is 14.3 Å². The third-order valence-electron chi connectivity index (χ3n) is 1.05. The molecule has 64 valence electrons. The lowest BCUT2D eigenvalue weighted by Crippen LogP contribution is -2.32. The molecule has 0 spiro atoms. The number of halogens is 2. The second kappa shape index (κ2) is 4.07. The summed E-state index contributed by atoms with van der Waals surface area (Å²) in [6.45, 7) is 2.89. The smallest absolute Gasteiger partial charge is 0.304 e. The van der Waals surface area contributed by atoms with Crippen LogP contribution < -0.4 is 0 Å². The maximum absolute atomic E-state index is 10.7. The van der Waals surface area contributed by atoms with Crippen LogP contribution in [0.5, 0.6) is 0 Å². The third-order valence-corrected chi connectivity index (χ3v) is 2.67. The summed E-state index contributed by atoms with van der Waals surface area (Å²) in [5.74, 6) is -0.544. The zero-order chi connectivity index (χ0) is 9.07. The van der Waals surface area contributed by atoms with E-state index in [9.17, 15) is 9.59 Å². The lowest BCUT2D eigenvalue weighted by Gasteiger charge is -2.20. The molecule has 0 heterocycles. The van der Waals surface area contributed by atoms with Crippen LogP contribution in [0.2, 0.25) is 0 Å². The van der Waals surface area contributed by atoms with Gasteiger partial charge in [0.1, 0.15) is 0 Å². The van der Waals surface area contributed by atoms with E-state index in [1.165, 1.54) is 6.92 Å². The van der Waals surface area contributed by atoms with E-state index in [1.54, 1.807) is 6.92 Å². The van der Waals surface area contributed by atoms with Gasteiger partial charge < -0.3 is 4.74 Å².